The van der Waals surface area contributed by atoms with E-state index in [1.807, 2.05) is 20.8 Å². The Morgan fingerprint density at radius 2 is 2.20 bits per heavy atom. The van der Waals surface area contributed by atoms with Gasteiger partial charge < -0.3 is 19.6 Å². The first-order valence-corrected chi connectivity index (χ1v) is 10.9. The Hall–Kier alpha value is -1.55. The zero-order valence-electron chi connectivity index (χ0n) is 15.2. The molecule has 1 fully saturated rings. The number of hydrogen-bond acceptors (Lipinski definition) is 6. The Morgan fingerprint density at radius 1 is 1.48 bits per heavy atom. The molecule has 0 unspecified atom stereocenters. The van der Waals surface area contributed by atoms with Crippen LogP contribution in [0.15, 0.2) is 17.4 Å². The summed E-state index contributed by atoms with van der Waals surface area (Å²) in [5.74, 6) is 0. The Kier molecular flexibility index (Phi) is 4.61. The summed E-state index contributed by atoms with van der Waals surface area (Å²) in [7, 11) is -1.19. The highest BCUT2D eigenvalue weighted by molar-refractivity contribution is 6.58. The van der Waals surface area contributed by atoms with Crippen molar-refractivity contribution in [2.24, 2.45) is 0 Å². The highest BCUT2D eigenvalue weighted by atomic mass is 28.3. The third-order valence-corrected chi connectivity index (χ3v) is 6.53. The molecule has 25 heavy (non-hydrogen) atoms. The van der Waals surface area contributed by atoms with Crippen molar-refractivity contribution >= 4 is 20.0 Å². The van der Waals surface area contributed by atoms with Crippen LogP contribution >= 0.6 is 0 Å². The summed E-state index contributed by atoms with van der Waals surface area (Å²) < 4.78 is 13.9. The van der Waals surface area contributed by atoms with Gasteiger partial charge in [-0.3, -0.25) is 9.36 Å². The molecule has 0 saturated carbocycles. The van der Waals surface area contributed by atoms with Gasteiger partial charge in [0.1, 0.15) is 14.9 Å². The molecule has 2 aromatic heterocycles. The first-order valence-electron chi connectivity index (χ1n) is 8.37. The number of fused-ring (bicyclic) bond motifs is 1. The summed E-state index contributed by atoms with van der Waals surface area (Å²) in [4.78, 5) is 22.9. The van der Waals surface area contributed by atoms with Gasteiger partial charge in [0.2, 0.25) is 0 Å². The van der Waals surface area contributed by atoms with Crippen LogP contribution in [0.3, 0.4) is 0 Å². The van der Waals surface area contributed by atoms with Crippen molar-refractivity contribution in [1.82, 2.24) is 19.5 Å². The Bertz CT molecular complexity index is 812. The number of ether oxygens (including phenoxy) is 2. The third kappa shape index (κ3) is 3.17. The van der Waals surface area contributed by atoms with Gasteiger partial charge in [0.05, 0.1) is 31.0 Å². The van der Waals surface area contributed by atoms with E-state index in [-0.39, 0.29) is 22.8 Å². The molecule has 137 valence electrons. The van der Waals surface area contributed by atoms with E-state index < -0.39 is 20.2 Å². The van der Waals surface area contributed by atoms with Gasteiger partial charge in [-0.15, -0.1) is 0 Å². The molecule has 1 aliphatic rings. The van der Waals surface area contributed by atoms with Crippen LogP contribution in [-0.2, 0) is 14.8 Å². The summed E-state index contributed by atoms with van der Waals surface area (Å²) in [6.45, 7) is 10.5. The monoisotopic (exact) mass is 365 g/mol. The molecule has 0 bridgehead atoms. The van der Waals surface area contributed by atoms with Crippen LogP contribution < -0.4 is 5.56 Å². The SMILES string of the molecule is C[Si](C)[C@@]1(n2cnc3c(=O)[nH]cnc32)O[C@H](COC(C)(C)C)C[C@H]1O. The van der Waals surface area contributed by atoms with E-state index in [0.29, 0.717) is 18.7 Å². The summed E-state index contributed by atoms with van der Waals surface area (Å²) in [5.41, 5.74) is 0.0872. The standard InChI is InChI=1S/C16H25N4O4Si/c1-15(2,3)23-7-10-6-11(21)16(24-10,25(4)5)20-9-19-12-13(20)17-8-18-14(12)22/h8-11,21H,6-7H2,1-5H3,(H,17,18,22)/t10-,11+,16-/m0/s1. The van der Waals surface area contributed by atoms with Crippen molar-refractivity contribution in [3.8, 4) is 0 Å². The summed E-state index contributed by atoms with van der Waals surface area (Å²) in [5, 5.41) is 9.95. The zero-order chi connectivity index (χ0) is 18.4. The number of nitrogens with one attached hydrogen (secondary N) is 1. The van der Waals surface area contributed by atoms with Crippen molar-refractivity contribution in [3.05, 3.63) is 23.0 Å². The van der Waals surface area contributed by atoms with Gasteiger partial charge in [-0.25, -0.2) is 9.97 Å². The molecule has 2 N–H and O–H groups in total. The molecule has 3 atom stereocenters. The van der Waals surface area contributed by atoms with Crippen molar-refractivity contribution in [3.63, 3.8) is 0 Å². The van der Waals surface area contributed by atoms with Gasteiger partial charge in [0.25, 0.3) is 5.56 Å². The van der Waals surface area contributed by atoms with E-state index in [1.165, 1.54) is 6.33 Å². The summed E-state index contributed by atoms with van der Waals surface area (Å²) in [6, 6.07) is 0. The number of aliphatic hydroxyl groups excluding tert-OH is 1. The van der Waals surface area contributed by atoms with Crippen molar-refractivity contribution < 1.29 is 14.6 Å². The number of hydrogen-bond donors (Lipinski definition) is 2. The summed E-state index contributed by atoms with van der Waals surface area (Å²) >= 11 is 0. The highest BCUT2D eigenvalue weighted by Gasteiger charge is 2.53. The largest absolute Gasteiger partial charge is 0.388 e. The lowest BCUT2D eigenvalue weighted by Gasteiger charge is -2.37. The minimum absolute atomic E-state index is 0.228. The maximum atomic E-state index is 12.0. The quantitative estimate of drug-likeness (QED) is 0.785. The highest BCUT2D eigenvalue weighted by Crippen LogP contribution is 2.39. The Morgan fingerprint density at radius 3 is 2.84 bits per heavy atom. The third-order valence-electron chi connectivity index (χ3n) is 4.40. The number of aromatic nitrogens is 4. The second-order valence-corrected chi connectivity index (χ2v) is 10.3. The molecule has 2 aromatic rings. The molecule has 8 nitrogen and oxygen atoms in total. The van der Waals surface area contributed by atoms with Crippen LogP contribution in [0.5, 0.6) is 0 Å². The van der Waals surface area contributed by atoms with Gasteiger partial charge in [0, 0.05) is 6.42 Å². The molecule has 1 radical (unpaired) electrons. The Labute approximate surface area is 147 Å². The van der Waals surface area contributed by atoms with Crippen LogP contribution in [0.25, 0.3) is 11.2 Å². The number of imidazole rings is 1. The van der Waals surface area contributed by atoms with Crippen LogP contribution in [0.4, 0.5) is 0 Å². The van der Waals surface area contributed by atoms with Crippen molar-refractivity contribution in [2.45, 2.75) is 63.4 Å². The van der Waals surface area contributed by atoms with Crippen molar-refractivity contribution in [2.75, 3.05) is 6.61 Å². The first kappa shape index (κ1) is 18.2. The van der Waals surface area contributed by atoms with Crippen LogP contribution in [0.1, 0.15) is 27.2 Å². The van der Waals surface area contributed by atoms with E-state index >= 15 is 0 Å². The lowest BCUT2D eigenvalue weighted by Crippen LogP contribution is -2.52. The molecule has 0 amide bonds. The second kappa shape index (κ2) is 6.31. The normalized spacial score (nSPS) is 27.5. The Balaban J connectivity index is 1.99. The predicted molar refractivity (Wildman–Crippen MR) is 94.8 cm³/mol. The van der Waals surface area contributed by atoms with E-state index in [2.05, 4.69) is 28.0 Å². The van der Waals surface area contributed by atoms with Crippen LogP contribution in [0.2, 0.25) is 13.1 Å². The number of rotatable bonds is 4. The molecule has 0 spiro atoms. The molecular weight excluding hydrogens is 340 g/mol. The average Bonchev–Trinajstić information content (AvgIpc) is 3.07. The van der Waals surface area contributed by atoms with Crippen LogP contribution in [-0.4, -0.2) is 57.8 Å². The molecule has 0 aromatic carbocycles. The van der Waals surface area contributed by atoms with E-state index in [0.717, 1.165) is 0 Å². The first-order chi connectivity index (χ1) is 11.6. The topological polar surface area (TPSA) is 102 Å². The lowest BCUT2D eigenvalue weighted by atomic mass is 10.1. The fourth-order valence-electron chi connectivity index (χ4n) is 3.23. The zero-order valence-corrected chi connectivity index (χ0v) is 16.2. The number of H-pyrrole nitrogens is 1. The van der Waals surface area contributed by atoms with Crippen LogP contribution in [0, 0.1) is 0 Å². The summed E-state index contributed by atoms with van der Waals surface area (Å²) in [6.07, 6.45) is 2.41. The molecule has 3 rings (SSSR count). The molecule has 9 heteroatoms. The fraction of sp³-hybridized carbons (Fsp3) is 0.688. The molecule has 3 heterocycles. The molecule has 1 aliphatic heterocycles. The second-order valence-electron chi connectivity index (χ2n) is 7.63. The average molecular weight is 365 g/mol. The fourth-order valence-corrected chi connectivity index (χ4v) is 5.06. The number of nitrogens with zero attached hydrogens (tertiary/aromatic N) is 3. The molecule has 0 aliphatic carbocycles. The maximum Gasteiger partial charge on any atom is 0.278 e. The minimum Gasteiger partial charge on any atom is -0.388 e. The lowest BCUT2D eigenvalue weighted by molar-refractivity contribution is -0.115. The van der Waals surface area contributed by atoms with E-state index in [1.54, 1.807) is 10.9 Å². The minimum atomic E-state index is -1.19. The molecule has 1 saturated heterocycles. The predicted octanol–water partition coefficient (Wildman–Crippen LogP) is 1.03. The molecular formula is C16H25N4O4Si. The number of aromatic amines is 1. The van der Waals surface area contributed by atoms with E-state index in [9.17, 15) is 9.90 Å². The van der Waals surface area contributed by atoms with Gasteiger partial charge in [-0.1, -0.05) is 13.1 Å². The van der Waals surface area contributed by atoms with Gasteiger partial charge in [-0.05, 0) is 20.8 Å². The van der Waals surface area contributed by atoms with Gasteiger partial charge in [0.15, 0.2) is 16.5 Å². The maximum absolute atomic E-state index is 12.0. The smallest absolute Gasteiger partial charge is 0.278 e. The van der Waals surface area contributed by atoms with Gasteiger partial charge >= 0.3 is 0 Å². The van der Waals surface area contributed by atoms with Crippen molar-refractivity contribution in [1.29, 1.82) is 0 Å². The number of aliphatic hydroxyl groups is 1. The van der Waals surface area contributed by atoms with E-state index in [4.69, 9.17) is 9.47 Å². The van der Waals surface area contributed by atoms with Gasteiger partial charge in [-0.2, -0.15) is 0 Å².